The fourth-order valence-electron chi connectivity index (χ4n) is 5.46. The summed E-state index contributed by atoms with van der Waals surface area (Å²) in [6, 6.07) is 46.2. The fraction of sp³-hybridized carbons (Fsp3) is 0. The van der Waals surface area contributed by atoms with Crippen molar-refractivity contribution >= 4 is 22.2 Å². The number of fused-ring (bicyclic) bond motifs is 2. The number of hydrogen-bond donors (Lipinski definition) is 0. The topological polar surface area (TPSA) is 129 Å². The van der Waals surface area contributed by atoms with Crippen LogP contribution in [0.4, 0.5) is 0 Å². The van der Waals surface area contributed by atoms with Gasteiger partial charge in [-0.1, -0.05) is 48.5 Å². The predicted octanol–water partition coefficient (Wildman–Crippen LogP) is 4.05. The van der Waals surface area contributed by atoms with Crippen LogP contribution in [0.5, 0.6) is 0 Å². The van der Waals surface area contributed by atoms with Gasteiger partial charge >= 0.3 is 19.5 Å². The third-order valence-electron chi connectivity index (χ3n) is 8.05. The van der Waals surface area contributed by atoms with Crippen LogP contribution in [-0.2, 0) is 19.5 Å². The van der Waals surface area contributed by atoms with E-state index in [0.717, 1.165) is 56.1 Å². The number of para-hydroxylation sites is 4. The molecule has 280 valence electrons. The standard InChI is InChI=1S/C24H14N4O2.2C10H8N2.2ClH.Ru/c1-3-7-21-17(5-1)27-23(29-21)15-9-11-25-19(13-15)20-14-16(10-12-26-20)24-28-18-6-2-4-8-22(18)30-24;2*1-3-7-11-9(5-1)10-6-2-4-8-12-10;;;/h1-14H;2*1-8H;2*1H;/q;;;;;+2/p-2. The van der Waals surface area contributed by atoms with Crippen molar-refractivity contribution in [3.8, 4) is 57.1 Å². The summed E-state index contributed by atoms with van der Waals surface area (Å²) in [4.78, 5) is 34.8. The van der Waals surface area contributed by atoms with Crippen LogP contribution in [0.15, 0.2) is 192 Å². The number of nitrogens with zero attached hydrogens (tertiary/aromatic N) is 8. The van der Waals surface area contributed by atoms with Crippen LogP contribution in [0, 0.1) is 0 Å². The van der Waals surface area contributed by atoms with Crippen molar-refractivity contribution in [3.63, 3.8) is 0 Å². The molecule has 0 aliphatic rings. The Kier molecular flexibility index (Phi) is 14.9. The molecule has 10 nitrogen and oxygen atoms in total. The van der Waals surface area contributed by atoms with E-state index in [2.05, 4.69) is 39.9 Å². The van der Waals surface area contributed by atoms with Gasteiger partial charge in [0.1, 0.15) is 11.0 Å². The fourth-order valence-corrected chi connectivity index (χ4v) is 5.46. The summed E-state index contributed by atoms with van der Waals surface area (Å²) < 4.78 is 11.8. The number of aromatic nitrogens is 8. The second-order valence-electron chi connectivity index (χ2n) is 11.7. The SMILES string of the molecule is [Cl-].[Cl-].[Ru+2].c1ccc(-c2ccccn2)nc1.c1ccc(-c2ccccn2)nc1.c1ccc2oc(-c3ccnc(-c4cc(-c5nc6ccccc6o5)ccn4)c3)nc2c1. The van der Waals surface area contributed by atoms with Gasteiger partial charge in [0, 0.05) is 48.3 Å². The van der Waals surface area contributed by atoms with Gasteiger partial charge in [-0.2, -0.15) is 0 Å². The first-order valence-electron chi connectivity index (χ1n) is 17.1. The molecule has 0 amide bonds. The largest absolute Gasteiger partial charge is 2.00 e. The van der Waals surface area contributed by atoms with Crippen molar-refractivity contribution < 1.29 is 53.1 Å². The van der Waals surface area contributed by atoms with E-state index in [9.17, 15) is 0 Å². The summed E-state index contributed by atoms with van der Waals surface area (Å²) in [6.45, 7) is 0. The van der Waals surface area contributed by atoms with Crippen LogP contribution in [0.25, 0.3) is 79.3 Å². The van der Waals surface area contributed by atoms with Crippen molar-refractivity contribution in [2.45, 2.75) is 0 Å². The monoisotopic (exact) mass is 874 g/mol. The van der Waals surface area contributed by atoms with E-state index >= 15 is 0 Å². The Morgan fingerprint density at radius 2 is 0.632 bits per heavy atom. The van der Waals surface area contributed by atoms with E-state index in [0.29, 0.717) is 23.2 Å². The molecule has 0 atom stereocenters. The summed E-state index contributed by atoms with van der Waals surface area (Å²) in [6.07, 6.45) is 10.5. The molecular weight excluding hydrogens is 845 g/mol. The van der Waals surface area contributed by atoms with E-state index in [-0.39, 0.29) is 44.3 Å². The summed E-state index contributed by atoms with van der Waals surface area (Å²) in [5.74, 6) is 1.10. The minimum Gasteiger partial charge on any atom is -1.00 e. The van der Waals surface area contributed by atoms with Gasteiger partial charge in [-0.15, -0.1) is 0 Å². The van der Waals surface area contributed by atoms with Gasteiger partial charge in [0.25, 0.3) is 0 Å². The number of hydrogen-bond acceptors (Lipinski definition) is 10. The summed E-state index contributed by atoms with van der Waals surface area (Å²) in [5, 5.41) is 0. The zero-order valence-electron chi connectivity index (χ0n) is 29.8. The molecule has 0 spiro atoms. The van der Waals surface area contributed by atoms with E-state index in [1.54, 1.807) is 37.2 Å². The molecule has 0 saturated carbocycles. The molecule has 10 rings (SSSR count). The van der Waals surface area contributed by atoms with Crippen molar-refractivity contribution in [2.24, 2.45) is 0 Å². The van der Waals surface area contributed by atoms with Gasteiger partial charge < -0.3 is 33.6 Å². The van der Waals surface area contributed by atoms with Gasteiger partial charge in [-0.25, -0.2) is 9.97 Å². The smallest absolute Gasteiger partial charge is 1.00 e. The van der Waals surface area contributed by atoms with Crippen LogP contribution in [-0.4, -0.2) is 39.9 Å². The van der Waals surface area contributed by atoms with Crippen LogP contribution >= 0.6 is 0 Å². The van der Waals surface area contributed by atoms with E-state index in [1.165, 1.54) is 0 Å². The second kappa shape index (κ2) is 20.4. The number of halogens is 2. The van der Waals surface area contributed by atoms with E-state index in [1.807, 2.05) is 146 Å². The second-order valence-corrected chi connectivity index (χ2v) is 11.7. The van der Waals surface area contributed by atoms with Crippen LogP contribution < -0.4 is 24.8 Å². The average molecular weight is 875 g/mol. The van der Waals surface area contributed by atoms with Gasteiger partial charge in [0.2, 0.25) is 11.8 Å². The minimum atomic E-state index is 0. The third kappa shape index (κ3) is 10.4. The molecule has 0 aliphatic heterocycles. The zero-order valence-corrected chi connectivity index (χ0v) is 33.1. The number of pyridine rings is 6. The summed E-state index contributed by atoms with van der Waals surface area (Å²) >= 11 is 0. The molecule has 10 aromatic rings. The van der Waals surface area contributed by atoms with Crippen LogP contribution in [0.3, 0.4) is 0 Å². The maximum atomic E-state index is 5.89. The molecule has 0 fully saturated rings. The Morgan fingerprint density at radius 1 is 0.316 bits per heavy atom. The van der Waals surface area contributed by atoms with E-state index in [4.69, 9.17) is 8.83 Å². The van der Waals surface area contributed by atoms with Crippen LogP contribution in [0.1, 0.15) is 0 Å². The minimum absolute atomic E-state index is 0. The Morgan fingerprint density at radius 3 is 0.947 bits per heavy atom. The van der Waals surface area contributed by atoms with Crippen molar-refractivity contribution in [1.82, 2.24) is 39.9 Å². The Bertz CT molecular complexity index is 2410. The quantitative estimate of drug-likeness (QED) is 0.234. The maximum absolute atomic E-state index is 5.89. The number of benzene rings is 2. The zero-order chi connectivity index (χ0) is 36.4. The summed E-state index contributed by atoms with van der Waals surface area (Å²) in [7, 11) is 0. The molecular formula is C44H30Cl2N8O2Ru. The Balaban J connectivity index is 0.000000191. The molecule has 8 aromatic heterocycles. The molecule has 0 unspecified atom stereocenters. The van der Waals surface area contributed by atoms with Gasteiger partial charge in [-0.05, 0) is 97.1 Å². The van der Waals surface area contributed by atoms with Gasteiger partial charge in [0.05, 0.1) is 34.2 Å². The first-order valence-corrected chi connectivity index (χ1v) is 17.1. The molecule has 0 aliphatic carbocycles. The molecule has 0 radical (unpaired) electrons. The summed E-state index contributed by atoms with van der Waals surface area (Å²) in [5.41, 5.74) is 9.91. The average Bonchev–Trinajstić information content (AvgIpc) is 3.91. The normalized spacial score (nSPS) is 10.0. The number of oxazole rings is 2. The molecule has 57 heavy (non-hydrogen) atoms. The predicted molar refractivity (Wildman–Crippen MR) is 208 cm³/mol. The third-order valence-corrected chi connectivity index (χ3v) is 8.05. The van der Waals surface area contributed by atoms with Gasteiger partial charge in [-0.3, -0.25) is 29.9 Å². The van der Waals surface area contributed by atoms with E-state index < -0.39 is 0 Å². The van der Waals surface area contributed by atoms with Crippen molar-refractivity contribution in [1.29, 1.82) is 0 Å². The number of rotatable bonds is 5. The maximum Gasteiger partial charge on any atom is 2.00 e. The first-order chi connectivity index (χ1) is 26.8. The molecule has 2 aromatic carbocycles. The van der Waals surface area contributed by atoms with Crippen LogP contribution in [0.2, 0.25) is 0 Å². The van der Waals surface area contributed by atoms with Crippen molar-refractivity contribution in [2.75, 3.05) is 0 Å². The Labute approximate surface area is 353 Å². The Hall–Kier alpha value is -6.52. The van der Waals surface area contributed by atoms with Gasteiger partial charge in [0.15, 0.2) is 11.2 Å². The first kappa shape index (κ1) is 41.6. The molecule has 8 heterocycles. The molecule has 0 N–H and O–H groups in total. The molecule has 13 heteroatoms. The molecule has 0 saturated heterocycles. The molecule has 0 bridgehead atoms. The van der Waals surface area contributed by atoms with Crippen molar-refractivity contribution in [3.05, 3.63) is 183 Å².